The van der Waals surface area contributed by atoms with E-state index in [1.54, 1.807) is 24.1 Å². The zero-order chi connectivity index (χ0) is 20.5. The summed E-state index contributed by atoms with van der Waals surface area (Å²) in [7, 11) is 1.70. The first-order valence-electron chi connectivity index (χ1n) is 9.29. The minimum Gasteiger partial charge on any atom is -0.385 e. The molecule has 0 radical (unpaired) electrons. The fraction of sp³-hybridized carbons (Fsp3) is 0.227. The maximum Gasteiger partial charge on any atom is 0.269 e. The van der Waals surface area contributed by atoms with E-state index in [0.29, 0.717) is 0 Å². The Kier molecular flexibility index (Phi) is 5.17. The van der Waals surface area contributed by atoms with Gasteiger partial charge in [-0.3, -0.25) is 14.9 Å². The van der Waals surface area contributed by atoms with Crippen molar-refractivity contribution in [2.45, 2.75) is 24.5 Å². The van der Waals surface area contributed by atoms with Gasteiger partial charge >= 0.3 is 0 Å². The lowest BCUT2D eigenvalue weighted by atomic mass is 9.88. The molecule has 1 N–H and O–H groups in total. The first kappa shape index (κ1) is 19.3. The van der Waals surface area contributed by atoms with Crippen LogP contribution in [0.5, 0.6) is 0 Å². The Morgan fingerprint density at radius 1 is 1.10 bits per heavy atom. The van der Waals surface area contributed by atoms with Gasteiger partial charge in [-0.15, -0.1) is 11.3 Å². The second-order valence-electron chi connectivity index (χ2n) is 7.17. The van der Waals surface area contributed by atoms with Crippen molar-refractivity contribution in [3.63, 3.8) is 0 Å². The van der Waals surface area contributed by atoms with E-state index >= 15 is 0 Å². The highest BCUT2D eigenvalue weighted by Crippen LogP contribution is 2.42. The molecule has 3 atom stereocenters. The number of amides is 1. The zero-order valence-electron chi connectivity index (χ0n) is 15.8. The van der Waals surface area contributed by atoms with Crippen LogP contribution in [0.3, 0.4) is 0 Å². The van der Waals surface area contributed by atoms with Crippen LogP contribution in [0.25, 0.3) is 10.4 Å². The third-order valence-electron chi connectivity index (χ3n) is 5.48. The lowest BCUT2D eigenvalue weighted by molar-refractivity contribution is -0.384. The standard InChI is InChI=1S/C22H20N2O4S/c1-23-20(25)13-17(14-7-9-16(10-8-14)24(27)28)21(23)22(26)19-12-11-18(29-19)15-5-3-2-4-6-15/h2-12,17,21-22,26H,13H2,1H3/t17-,21-,22-/m1/s1. The van der Waals surface area contributed by atoms with E-state index in [-0.39, 0.29) is 23.9 Å². The molecule has 2 aromatic carbocycles. The van der Waals surface area contributed by atoms with Gasteiger partial charge in [-0.2, -0.15) is 0 Å². The van der Waals surface area contributed by atoms with Gasteiger partial charge in [-0.25, -0.2) is 0 Å². The third kappa shape index (κ3) is 3.66. The molecule has 0 spiro atoms. The lowest BCUT2D eigenvalue weighted by Gasteiger charge is -2.29. The highest BCUT2D eigenvalue weighted by Gasteiger charge is 2.43. The van der Waals surface area contributed by atoms with Crippen LogP contribution in [0.15, 0.2) is 66.7 Å². The highest BCUT2D eigenvalue weighted by molar-refractivity contribution is 7.15. The molecule has 1 aliphatic rings. The SMILES string of the molecule is CN1C(=O)C[C@H](c2ccc([N+](=O)[O-])cc2)[C@@H]1[C@H](O)c1ccc(-c2ccccc2)s1. The van der Waals surface area contributed by atoms with Crippen molar-refractivity contribution in [3.05, 3.63) is 87.3 Å². The quantitative estimate of drug-likeness (QED) is 0.502. The number of nitro benzene ring substituents is 1. The lowest BCUT2D eigenvalue weighted by Crippen LogP contribution is -2.36. The van der Waals surface area contributed by atoms with Crippen LogP contribution in [0.2, 0.25) is 0 Å². The van der Waals surface area contributed by atoms with E-state index in [0.717, 1.165) is 20.9 Å². The number of likely N-dealkylation sites (tertiary alicyclic amines) is 1. The van der Waals surface area contributed by atoms with Crippen LogP contribution in [0, 0.1) is 10.1 Å². The van der Waals surface area contributed by atoms with Gasteiger partial charge in [-0.05, 0) is 23.3 Å². The average Bonchev–Trinajstić information content (AvgIpc) is 3.34. The number of hydrogen-bond acceptors (Lipinski definition) is 5. The Hall–Kier alpha value is -3.03. The number of aliphatic hydroxyl groups excluding tert-OH is 1. The Bertz CT molecular complexity index is 1030. The Labute approximate surface area is 172 Å². The molecule has 1 saturated heterocycles. The van der Waals surface area contributed by atoms with E-state index in [2.05, 4.69) is 0 Å². The van der Waals surface area contributed by atoms with Crippen molar-refractivity contribution in [1.29, 1.82) is 0 Å². The smallest absolute Gasteiger partial charge is 0.269 e. The molecule has 0 saturated carbocycles. The minimum absolute atomic E-state index is 0.00860. The molecule has 1 aliphatic heterocycles. The number of aliphatic hydroxyl groups is 1. The first-order valence-corrected chi connectivity index (χ1v) is 10.1. The van der Waals surface area contributed by atoms with Crippen molar-refractivity contribution in [1.82, 2.24) is 4.90 Å². The number of nitrogens with zero attached hydrogens (tertiary/aromatic N) is 2. The number of benzene rings is 2. The molecular weight excluding hydrogens is 388 g/mol. The normalized spacial score (nSPS) is 20.1. The van der Waals surface area contributed by atoms with Crippen molar-refractivity contribution >= 4 is 22.9 Å². The topological polar surface area (TPSA) is 83.7 Å². The summed E-state index contributed by atoms with van der Waals surface area (Å²) in [5.74, 6) is -0.275. The van der Waals surface area contributed by atoms with Gasteiger partial charge in [0, 0.05) is 41.3 Å². The largest absolute Gasteiger partial charge is 0.385 e. The molecule has 4 rings (SSSR count). The van der Waals surface area contributed by atoms with E-state index in [4.69, 9.17) is 0 Å². The van der Waals surface area contributed by atoms with Gasteiger partial charge in [0.05, 0.1) is 11.0 Å². The van der Waals surface area contributed by atoms with E-state index in [1.165, 1.54) is 23.5 Å². The predicted molar refractivity (Wildman–Crippen MR) is 112 cm³/mol. The number of non-ortho nitro benzene ring substituents is 1. The van der Waals surface area contributed by atoms with Gasteiger partial charge in [0.25, 0.3) is 5.69 Å². The molecule has 2 heterocycles. The van der Waals surface area contributed by atoms with Crippen LogP contribution >= 0.6 is 11.3 Å². The number of nitro groups is 1. The first-order chi connectivity index (χ1) is 14.0. The zero-order valence-corrected chi connectivity index (χ0v) is 16.6. The molecule has 0 unspecified atom stereocenters. The maximum atomic E-state index is 12.4. The van der Waals surface area contributed by atoms with Crippen LogP contribution in [-0.2, 0) is 4.79 Å². The van der Waals surface area contributed by atoms with E-state index in [1.807, 2.05) is 42.5 Å². The third-order valence-corrected chi connectivity index (χ3v) is 6.68. The molecule has 1 amide bonds. The molecule has 0 aliphatic carbocycles. The monoisotopic (exact) mass is 408 g/mol. The number of carbonyl (C=O) groups excluding carboxylic acids is 1. The van der Waals surface area contributed by atoms with Crippen molar-refractivity contribution in [2.24, 2.45) is 0 Å². The Balaban J connectivity index is 1.63. The van der Waals surface area contributed by atoms with Crippen LogP contribution in [0.1, 0.15) is 28.9 Å². The molecule has 1 aromatic heterocycles. The van der Waals surface area contributed by atoms with Gasteiger partial charge in [0.1, 0.15) is 6.10 Å². The summed E-state index contributed by atoms with van der Waals surface area (Å²) in [5, 5.41) is 22.1. The number of likely N-dealkylation sites (N-methyl/N-ethyl adjacent to an activating group) is 1. The molecule has 29 heavy (non-hydrogen) atoms. The summed E-state index contributed by atoms with van der Waals surface area (Å²) in [6.07, 6.45) is -0.568. The summed E-state index contributed by atoms with van der Waals surface area (Å²) in [5.41, 5.74) is 1.91. The summed E-state index contributed by atoms with van der Waals surface area (Å²) in [6.45, 7) is 0. The second-order valence-corrected chi connectivity index (χ2v) is 8.28. The predicted octanol–water partition coefficient (Wildman–Crippen LogP) is 4.37. The van der Waals surface area contributed by atoms with Crippen molar-refractivity contribution in [2.75, 3.05) is 7.05 Å². The number of thiophene rings is 1. The Morgan fingerprint density at radius 2 is 1.79 bits per heavy atom. The molecule has 7 heteroatoms. The van der Waals surface area contributed by atoms with Crippen LogP contribution in [0.4, 0.5) is 5.69 Å². The molecule has 148 valence electrons. The molecular formula is C22H20N2O4S. The fourth-order valence-electron chi connectivity index (χ4n) is 3.92. The number of carbonyl (C=O) groups is 1. The summed E-state index contributed by atoms with van der Waals surface area (Å²) < 4.78 is 0. The fourth-order valence-corrected chi connectivity index (χ4v) is 4.96. The minimum atomic E-state index is -0.839. The summed E-state index contributed by atoms with van der Waals surface area (Å²) in [6, 6.07) is 19.7. The highest BCUT2D eigenvalue weighted by atomic mass is 32.1. The van der Waals surface area contributed by atoms with E-state index < -0.39 is 17.1 Å². The van der Waals surface area contributed by atoms with Crippen molar-refractivity contribution in [3.8, 4) is 10.4 Å². The number of rotatable bonds is 5. The maximum absolute atomic E-state index is 12.4. The second kappa shape index (κ2) is 7.77. The Morgan fingerprint density at radius 3 is 2.45 bits per heavy atom. The van der Waals surface area contributed by atoms with Crippen molar-refractivity contribution < 1.29 is 14.8 Å². The number of hydrogen-bond donors (Lipinski definition) is 1. The average molecular weight is 408 g/mol. The molecule has 0 bridgehead atoms. The van der Waals surface area contributed by atoms with Gasteiger partial charge in [0.15, 0.2) is 0 Å². The van der Waals surface area contributed by atoms with Crippen LogP contribution < -0.4 is 0 Å². The summed E-state index contributed by atoms with van der Waals surface area (Å²) in [4.78, 5) is 26.3. The van der Waals surface area contributed by atoms with Gasteiger partial charge in [-0.1, -0.05) is 42.5 Å². The van der Waals surface area contributed by atoms with Crippen LogP contribution in [-0.4, -0.2) is 33.9 Å². The summed E-state index contributed by atoms with van der Waals surface area (Å²) >= 11 is 1.51. The molecule has 3 aromatic rings. The van der Waals surface area contributed by atoms with Gasteiger partial charge in [0.2, 0.25) is 5.91 Å². The molecule has 1 fully saturated rings. The molecule has 6 nitrogen and oxygen atoms in total. The van der Waals surface area contributed by atoms with Gasteiger partial charge < -0.3 is 10.0 Å². The van der Waals surface area contributed by atoms with E-state index in [9.17, 15) is 20.0 Å².